The summed E-state index contributed by atoms with van der Waals surface area (Å²) in [6, 6.07) is 9.03. The zero-order valence-corrected chi connectivity index (χ0v) is 17.0. The van der Waals surface area contributed by atoms with Crippen LogP contribution in [0.15, 0.2) is 42.7 Å². The molecule has 0 aliphatic heterocycles. The maximum atomic E-state index is 10.1. The van der Waals surface area contributed by atoms with E-state index in [1.807, 2.05) is 18.2 Å². The number of ether oxygens (including phenoxy) is 1. The molecule has 2 heterocycles. The molecule has 0 amide bonds. The molecule has 2 aromatic heterocycles. The molecular weight excluding hydrogens is 376 g/mol. The van der Waals surface area contributed by atoms with Gasteiger partial charge in [-0.25, -0.2) is 4.98 Å². The number of rotatable bonds is 8. The predicted molar refractivity (Wildman–Crippen MR) is 112 cm³/mol. The SMILES string of the molecule is COCCNCC(C)(C)c1nc(-c2ccc(Cl)c(O)c2)c(-c2ccncc2)[nH]1. The maximum absolute atomic E-state index is 10.1. The highest BCUT2D eigenvalue weighted by atomic mass is 35.5. The molecule has 6 nitrogen and oxygen atoms in total. The first-order valence-electron chi connectivity index (χ1n) is 9.12. The van der Waals surface area contributed by atoms with Crippen molar-refractivity contribution >= 4 is 11.6 Å². The van der Waals surface area contributed by atoms with Crippen LogP contribution in [-0.4, -0.2) is 46.9 Å². The lowest BCUT2D eigenvalue weighted by molar-refractivity contribution is 0.197. The van der Waals surface area contributed by atoms with Crippen molar-refractivity contribution in [2.45, 2.75) is 19.3 Å². The number of imidazole rings is 1. The van der Waals surface area contributed by atoms with Crippen LogP contribution in [0.25, 0.3) is 22.5 Å². The number of aromatic hydroxyl groups is 1. The van der Waals surface area contributed by atoms with Crippen LogP contribution >= 0.6 is 11.6 Å². The molecule has 0 atom stereocenters. The summed E-state index contributed by atoms with van der Waals surface area (Å²) in [4.78, 5) is 12.5. The Morgan fingerprint density at radius 1 is 1.18 bits per heavy atom. The first-order chi connectivity index (χ1) is 13.4. The van der Waals surface area contributed by atoms with Gasteiger partial charge < -0.3 is 20.1 Å². The lowest BCUT2D eigenvalue weighted by atomic mass is 9.92. The number of aromatic nitrogens is 3. The van der Waals surface area contributed by atoms with Crippen LogP contribution in [0.1, 0.15) is 19.7 Å². The van der Waals surface area contributed by atoms with Crippen molar-refractivity contribution in [2.24, 2.45) is 0 Å². The van der Waals surface area contributed by atoms with Crippen LogP contribution in [0.4, 0.5) is 0 Å². The number of nitrogens with zero attached hydrogens (tertiary/aromatic N) is 2. The Morgan fingerprint density at radius 2 is 1.93 bits per heavy atom. The molecule has 0 aliphatic rings. The van der Waals surface area contributed by atoms with Crippen molar-refractivity contribution < 1.29 is 9.84 Å². The zero-order valence-electron chi connectivity index (χ0n) is 16.3. The number of phenols is 1. The van der Waals surface area contributed by atoms with E-state index in [1.54, 1.807) is 31.6 Å². The van der Waals surface area contributed by atoms with E-state index in [1.165, 1.54) is 0 Å². The highest BCUT2D eigenvalue weighted by Crippen LogP contribution is 2.36. The van der Waals surface area contributed by atoms with Gasteiger partial charge in [0.1, 0.15) is 11.6 Å². The van der Waals surface area contributed by atoms with Crippen molar-refractivity contribution in [1.29, 1.82) is 0 Å². The topological polar surface area (TPSA) is 83.1 Å². The summed E-state index contributed by atoms with van der Waals surface area (Å²) in [7, 11) is 1.69. The van der Waals surface area contributed by atoms with Gasteiger partial charge in [-0.15, -0.1) is 0 Å². The van der Waals surface area contributed by atoms with Gasteiger partial charge in [-0.2, -0.15) is 0 Å². The van der Waals surface area contributed by atoms with Crippen LogP contribution in [0.2, 0.25) is 5.02 Å². The Labute approximate surface area is 170 Å². The molecule has 148 valence electrons. The molecule has 0 saturated heterocycles. The van der Waals surface area contributed by atoms with E-state index < -0.39 is 0 Å². The molecule has 0 saturated carbocycles. The monoisotopic (exact) mass is 400 g/mol. The molecule has 3 N–H and O–H groups in total. The third-order valence-corrected chi connectivity index (χ3v) is 4.90. The van der Waals surface area contributed by atoms with Crippen LogP contribution in [0, 0.1) is 0 Å². The van der Waals surface area contributed by atoms with Gasteiger partial charge >= 0.3 is 0 Å². The lowest BCUT2D eigenvalue weighted by Gasteiger charge is -2.22. The van der Waals surface area contributed by atoms with Crippen molar-refractivity contribution in [3.05, 3.63) is 53.6 Å². The number of benzene rings is 1. The molecule has 3 rings (SSSR count). The second kappa shape index (κ2) is 8.73. The van der Waals surface area contributed by atoms with Gasteiger partial charge in [0, 0.05) is 49.1 Å². The van der Waals surface area contributed by atoms with Crippen LogP contribution in [-0.2, 0) is 10.2 Å². The van der Waals surface area contributed by atoms with Gasteiger partial charge in [-0.3, -0.25) is 4.98 Å². The largest absolute Gasteiger partial charge is 0.506 e. The van der Waals surface area contributed by atoms with E-state index in [9.17, 15) is 5.11 Å². The summed E-state index contributed by atoms with van der Waals surface area (Å²) in [5.74, 6) is 0.888. The molecular formula is C21H25ClN4O2. The van der Waals surface area contributed by atoms with Crippen LogP contribution < -0.4 is 5.32 Å². The van der Waals surface area contributed by atoms with Gasteiger partial charge in [0.15, 0.2) is 0 Å². The van der Waals surface area contributed by atoms with E-state index in [0.29, 0.717) is 11.6 Å². The number of methoxy groups -OCH3 is 1. The number of H-pyrrole nitrogens is 1. The fraction of sp³-hybridized carbons (Fsp3) is 0.333. The molecule has 0 aliphatic carbocycles. The normalized spacial score (nSPS) is 11.7. The molecule has 0 spiro atoms. The van der Waals surface area contributed by atoms with Crippen LogP contribution in [0.3, 0.4) is 0 Å². The fourth-order valence-electron chi connectivity index (χ4n) is 2.95. The summed E-state index contributed by atoms with van der Waals surface area (Å²) in [6.45, 7) is 6.43. The minimum atomic E-state index is -0.234. The molecule has 1 aromatic carbocycles. The van der Waals surface area contributed by atoms with Gasteiger partial charge in [-0.05, 0) is 24.3 Å². The summed E-state index contributed by atoms with van der Waals surface area (Å²) in [5, 5.41) is 13.8. The Balaban J connectivity index is 2.01. The molecule has 3 aromatic rings. The number of nitrogens with one attached hydrogen (secondary N) is 2. The van der Waals surface area contributed by atoms with Gasteiger partial charge in [0.25, 0.3) is 0 Å². The van der Waals surface area contributed by atoms with E-state index >= 15 is 0 Å². The van der Waals surface area contributed by atoms with E-state index in [2.05, 4.69) is 29.1 Å². The van der Waals surface area contributed by atoms with Crippen molar-refractivity contribution in [3.8, 4) is 28.3 Å². The quantitative estimate of drug-likeness (QED) is 0.497. The maximum Gasteiger partial charge on any atom is 0.134 e. The average Bonchev–Trinajstić information content (AvgIpc) is 3.14. The molecule has 28 heavy (non-hydrogen) atoms. The van der Waals surface area contributed by atoms with Gasteiger partial charge in [-0.1, -0.05) is 31.5 Å². The Morgan fingerprint density at radius 3 is 2.61 bits per heavy atom. The number of hydrogen-bond donors (Lipinski definition) is 3. The molecule has 7 heteroatoms. The standard InChI is InChI=1S/C21H25ClN4O2/c1-21(2,13-24-10-11-28-3)20-25-18(14-6-8-23-9-7-14)19(26-20)15-4-5-16(22)17(27)12-15/h4-9,12,24,27H,10-11,13H2,1-3H3,(H,25,26). The lowest BCUT2D eigenvalue weighted by Crippen LogP contribution is -2.35. The Bertz CT molecular complexity index is 925. The smallest absolute Gasteiger partial charge is 0.134 e. The second-order valence-corrected chi connectivity index (χ2v) is 7.67. The fourth-order valence-corrected chi connectivity index (χ4v) is 3.07. The predicted octanol–water partition coefficient (Wildman–Crippen LogP) is 4.01. The van der Waals surface area contributed by atoms with Crippen LogP contribution in [0.5, 0.6) is 5.75 Å². The minimum Gasteiger partial charge on any atom is -0.506 e. The summed E-state index contributed by atoms with van der Waals surface area (Å²) in [6.07, 6.45) is 3.49. The summed E-state index contributed by atoms with van der Waals surface area (Å²) < 4.78 is 5.10. The van der Waals surface area contributed by atoms with E-state index in [4.69, 9.17) is 21.3 Å². The molecule has 0 unspecified atom stereocenters. The molecule has 0 radical (unpaired) electrons. The molecule has 0 fully saturated rings. The molecule has 0 bridgehead atoms. The van der Waals surface area contributed by atoms with Crippen molar-refractivity contribution in [1.82, 2.24) is 20.3 Å². The Kier molecular flexibility index (Phi) is 6.34. The summed E-state index contributed by atoms with van der Waals surface area (Å²) >= 11 is 5.98. The number of phenolic OH excluding ortho intramolecular Hbond substituents is 1. The highest BCUT2D eigenvalue weighted by Gasteiger charge is 2.27. The van der Waals surface area contributed by atoms with Gasteiger partial charge in [0.2, 0.25) is 0 Å². The highest BCUT2D eigenvalue weighted by molar-refractivity contribution is 6.32. The minimum absolute atomic E-state index is 0.0323. The Hall–Kier alpha value is -2.41. The van der Waals surface area contributed by atoms with Crippen molar-refractivity contribution in [2.75, 3.05) is 26.8 Å². The first-order valence-corrected chi connectivity index (χ1v) is 9.49. The third-order valence-electron chi connectivity index (χ3n) is 4.58. The first kappa shape index (κ1) is 20.3. The number of aromatic amines is 1. The average molecular weight is 401 g/mol. The van der Waals surface area contributed by atoms with Gasteiger partial charge in [0.05, 0.1) is 23.0 Å². The van der Waals surface area contributed by atoms with E-state index in [0.717, 1.165) is 41.4 Å². The van der Waals surface area contributed by atoms with Crippen molar-refractivity contribution in [3.63, 3.8) is 0 Å². The number of hydrogen-bond acceptors (Lipinski definition) is 5. The zero-order chi connectivity index (χ0) is 20.1. The second-order valence-electron chi connectivity index (χ2n) is 7.26. The van der Waals surface area contributed by atoms with E-state index in [-0.39, 0.29) is 11.2 Å². The number of pyridine rings is 1. The summed E-state index contributed by atoms with van der Waals surface area (Å²) in [5.41, 5.74) is 3.17. The number of halogens is 1. The third kappa shape index (κ3) is 4.52.